The minimum Gasteiger partial charge on any atom is -0.496 e. The molecule has 0 fully saturated rings. The molecule has 4 nitrogen and oxygen atoms in total. The Hall–Kier alpha value is -1.56. The first-order valence-electron chi connectivity index (χ1n) is 11.1. The molecule has 5 heteroatoms. The van der Waals surface area contributed by atoms with E-state index in [1.54, 1.807) is 21.3 Å². The number of benzene rings is 1. The first-order chi connectivity index (χ1) is 14.4. The van der Waals surface area contributed by atoms with E-state index in [-0.39, 0.29) is 5.04 Å². The van der Waals surface area contributed by atoms with Crippen LogP contribution < -0.4 is 9.47 Å². The van der Waals surface area contributed by atoms with Gasteiger partial charge in [-0.25, -0.2) is 0 Å². The standard InChI is InChI=1S/C26H44O4Si/c1-19(2)13-12-14-20(3)15-16-22-23(27-7)17-21(18-24(22)28-8)25(29-9)30-31(10,11)26(4,5)6/h13,15,17-18,25H,12,14,16H2,1-11H3. The molecule has 1 atom stereocenters. The van der Waals surface area contributed by atoms with E-state index in [9.17, 15) is 0 Å². The minimum absolute atomic E-state index is 0.0890. The zero-order chi connectivity index (χ0) is 23.8. The maximum atomic E-state index is 6.53. The molecule has 0 aliphatic heterocycles. The second-order valence-corrected chi connectivity index (χ2v) is 14.7. The number of ether oxygens (including phenoxy) is 3. The summed E-state index contributed by atoms with van der Waals surface area (Å²) in [5.41, 5.74) is 4.67. The van der Waals surface area contributed by atoms with Gasteiger partial charge in [-0.1, -0.05) is 44.1 Å². The van der Waals surface area contributed by atoms with Gasteiger partial charge in [0.15, 0.2) is 14.6 Å². The van der Waals surface area contributed by atoms with E-state index in [2.05, 4.69) is 66.8 Å². The lowest BCUT2D eigenvalue weighted by atomic mass is 10.0. The third-order valence-corrected chi connectivity index (χ3v) is 10.5. The smallest absolute Gasteiger partial charge is 0.195 e. The SMILES string of the molecule is COc1cc(C(OC)O[Si](C)(C)C(C)(C)C)cc(OC)c1CC=C(C)CCC=C(C)C. The van der Waals surface area contributed by atoms with Crippen LogP contribution in [0.25, 0.3) is 0 Å². The Morgan fingerprint density at radius 2 is 1.52 bits per heavy atom. The van der Waals surface area contributed by atoms with Gasteiger partial charge in [0, 0.05) is 18.2 Å². The summed E-state index contributed by atoms with van der Waals surface area (Å²) in [6.07, 6.45) is 6.96. The molecule has 0 spiro atoms. The predicted octanol–water partition coefficient (Wildman–Crippen LogP) is 7.61. The molecule has 1 aromatic carbocycles. The molecule has 0 aliphatic carbocycles. The highest BCUT2D eigenvalue weighted by atomic mass is 28.4. The molecule has 176 valence electrons. The van der Waals surface area contributed by atoms with Crippen molar-refractivity contribution < 1.29 is 18.6 Å². The summed E-state index contributed by atoms with van der Waals surface area (Å²) in [4.78, 5) is 0. The van der Waals surface area contributed by atoms with Gasteiger partial charge in [-0.2, -0.15) is 0 Å². The van der Waals surface area contributed by atoms with Crippen LogP contribution in [0.5, 0.6) is 11.5 Å². The zero-order valence-corrected chi connectivity index (χ0v) is 22.6. The van der Waals surface area contributed by atoms with Gasteiger partial charge in [0.1, 0.15) is 11.5 Å². The van der Waals surface area contributed by atoms with Gasteiger partial charge in [0.2, 0.25) is 0 Å². The number of methoxy groups -OCH3 is 3. The Labute approximate surface area is 191 Å². The summed E-state index contributed by atoms with van der Waals surface area (Å²) < 4.78 is 23.8. The summed E-state index contributed by atoms with van der Waals surface area (Å²) in [5.74, 6) is 1.59. The van der Waals surface area contributed by atoms with Crippen LogP contribution in [0.3, 0.4) is 0 Å². The molecule has 0 saturated heterocycles. The van der Waals surface area contributed by atoms with Crippen molar-refractivity contribution >= 4 is 8.32 Å². The van der Waals surface area contributed by atoms with E-state index < -0.39 is 14.6 Å². The topological polar surface area (TPSA) is 36.9 Å². The lowest BCUT2D eigenvalue weighted by Gasteiger charge is -2.39. The molecule has 0 N–H and O–H groups in total. The average molecular weight is 449 g/mol. The van der Waals surface area contributed by atoms with Crippen molar-refractivity contribution in [2.75, 3.05) is 21.3 Å². The van der Waals surface area contributed by atoms with Gasteiger partial charge in [-0.15, -0.1) is 0 Å². The van der Waals surface area contributed by atoms with E-state index in [1.165, 1.54) is 11.1 Å². The van der Waals surface area contributed by atoms with Gasteiger partial charge in [0.05, 0.1) is 14.2 Å². The Morgan fingerprint density at radius 3 is 1.94 bits per heavy atom. The number of rotatable bonds is 11. The Kier molecular flexibility index (Phi) is 10.5. The molecule has 1 unspecified atom stereocenters. The highest BCUT2D eigenvalue weighted by molar-refractivity contribution is 6.74. The maximum absolute atomic E-state index is 6.53. The highest BCUT2D eigenvalue weighted by Crippen LogP contribution is 2.41. The third-order valence-electron chi connectivity index (χ3n) is 6.07. The number of hydrogen-bond acceptors (Lipinski definition) is 4. The molecule has 0 aromatic heterocycles. The van der Waals surface area contributed by atoms with Crippen LogP contribution in [0.15, 0.2) is 35.4 Å². The molecular weight excluding hydrogens is 404 g/mol. The Balaban J connectivity index is 3.19. The van der Waals surface area contributed by atoms with Crippen LogP contribution >= 0.6 is 0 Å². The van der Waals surface area contributed by atoms with Gasteiger partial charge in [-0.3, -0.25) is 0 Å². The highest BCUT2D eigenvalue weighted by Gasteiger charge is 2.40. The van der Waals surface area contributed by atoms with Crippen molar-refractivity contribution in [1.29, 1.82) is 0 Å². The molecule has 0 saturated carbocycles. The zero-order valence-electron chi connectivity index (χ0n) is 21.6. The molecule has 0 aliphatic rings. The van der Waals surface area contributed by atoms with E-state index in [1.807, 2.05) is 12.1 Å². The summed E-state index contributed by atoms with van der Waals surface area (Å²) in [5, 5.41) is 0.0890. The summed E-state index contributed by atoms with van der Waals surface area (Å²) >= 11 is 0. The van der Waals surface area contributed by atoms with Crippen LogP contribution in [-0.4, -0.2) is 29.6 Å². The van der Waals surface area contributed by atoms with Crippen molar-refractivity contribution in [3.8, 4) is 11.5 Å². The summed E-state index contributed by atoms with van der Waals surface area (Å²) in [6, 6.07) is 4.04. The second kappa shape index (κ2) is 11.9. The molecule has 0 amide bonds. The van der Waals surface area contributed by atoms with Crippen molar-refractivity contribution in [1.82, 2.24) is 0 Å². The lowest BCUT2D eigenvalue weighted by Crippen LogP contribution is -2.42. The molecule has 31 heavy (non-hydrogen) atoms. The lowest BCUT2D eigenvalue weighted by molar-refractivity contribution is -0.0660. The first-order valence-corrected chi connectivity index (χ1v) is 14.0. The van der Waals surface area contributed by atoms with Crippen molar-refractivity contribution in [2.45, 2.75) is 85.2 Å². The van der Waals surface area contributed by atoms with Crippen molar-refractivity contribution in [3.05, 3.63) is 46.6 Å². The van der Waals surface area contributed by atoms with Gasteiger partial charge < -0.3 is 18.6 Å². The average Bonchev–Trinajstić information content (AvgIpc) is 2.68. The maximum Gasteiger partial charge on any atom is 0.195 e. The van der Waals surface area contributed by atoms with Gasteiger partial charge in [0.25, 0.3) is 0 Å². The molecule has 1 aromatic rings. The second-order valence-electron chi connectivity index (χ2n) is 9.92. The van der Waals surface area contributed by atoms with Gasteiger partial charge >= 0.3 is 0 Å². The fraction of sp³-hybridized carbons (Fsp3) is 0.615. The molecule has 0 bridgehead atoms. The van der Waals surface area contributed by atoms with E-state index >= 15 is 0 Å². The largest absolute Gasteiger partial charge is 0.496 e. The van der Waals surface area contributed by atoms with Crippen LogP contribution in [-0.2, 0) is 15.6 Å². The van der Waals surface area contributed by atoms with Crippen LogP contribution in [0.4, 0.5) is 0 Å². The molecule has 1 rings (SSSR count). The van der Waals surface area contributed by atoms with Crippen molar-refractivity contribution in [2.24, 2.45) is 0 Å². The Bertz CT molecular complexity index is 743. The van der Waals surface area contributed by atoms with Crippen LogP contribution in [0.2, 0.25) is 18.1 Å². The fourth-order valence-corrected chi connectivity index (χ4v) is 4.13. The predicted molar refractivity (Wildman–Crippen MR) is 134 cm³/mol. The quantitative estimate of drug-likeness (QED) is 0.198. The molecular formula is C26H44O4Si. The molecule has 0 radical (unpaired) electrons. The van der Waals surface area contributed by atoms with E-state index in [0.29, 0.717) is 0 Å². The van der Waals surface area contributed by atoms with Gasteiger partial charge in [-0.05, 0) is 70.3 Å². The van der Waals surface area contributed by atoms with Crippen LogP contribution in [0.1, 0.15) is 71.8 Å². The summed E-state index contributed by atoms with van der Waals surface area (Å²) in [7, 11) is 3.07. The van der Waals surface area contributed by atoms with E-state index in [4.69, 9.17) is 18.6 Å². The van der Waals surface area contributed by atoms with Crippen LogP contribution in [0, 0.1) is 0 Å². The monoisotopic (exact) mass is 448 g/mol. The number of allylic oxidation sites excluding steroid dienone is 4. The fourth-order valence-electron chi connectivity index (χ4n) is 3.01. The first kappa shape index (κ1) is 27.5. The Morgan fingerprint density at radius 1 is 0.968 bits per heavy atom. The molecule has 0 heterocycles. The normalized spacial score (nSPS) is 13.7. The third kappa shape index (κ3) is 8.13. The van der Waals surface area contributed by atoms with E-state index in [0.717, 1.165) is 41.9 Å². The van der Waals surface area contributed by atoms with Crippen molar-refractivity contribution in [3.63, 3.8) is 0 Å². The number of hydrogen-bond donors (Lipinski definition) is 0. The minimum atomic E-state index is -2.01. The summed E-state index contributed by atoms with van der Waals surface area (Å²) in [6.45, 7) is 17.6.